The van der Waals surface area contributed by atoms with Gasteiger partial charge in [0.1, 0.15) is 0 Å². The van der Waals surface area contributed by atoms with E-state index in [0.29, 0.717) is 30.5 Å². The molecule has 0 bridgehead atoms. The first kappa shape index (κ1) is 22.3. The van der Waals surface area contributed by atoms with E-state index >= 15 is 0 Å². The van der Waals surface area contributed by atoms with Gasteiger partial charge in [0.2, 0.25) is 0 Å². The molecule has 0 aliphatic carbocycles. The van der Waals surface area contributed by atoms with Crippen LogP contribution in [-0.4, -0.2) is 49.6 Å². The van der Waals surface area contributed by atoms with Crippen molar-refractivity contribution < 1.29 is 14.3 Å². The number of fused-ring (bicyclic) bond motifs is 1. The zero-order chi connectivity index (χ0) is 22.5. The molecular weight excluding hydrogens is 426 g/mol. The topological polar surface area (TPSA) is 70.7 Å². The highest BCUT2D eigenvalue weighted by Gasteiger charge is 2.25. The molecule has 166 valence electrons. The van der Waals surface area contributed by atoms with Gasteiger partial charge in [0.25, 0.3) is 0 Å². The summed E-state index contributed by atoms with van der Waals surface area (Å²) in [4.78, 5) is 27.3. The van der Waals surface area contributed by atoms with Crippen molar-refractivity contribution in [1.29, 1.82) is 0 Å². The van der Waals surface area contributed by atoms with Crippen LogP contribution in [-0.2, 0) is 14.3 Å². The van der Waals surface area contributed by atoms with E-state index in [1.54, 1.807) is 18.2 Å². The number of amides is 2. The molecule has 2 N–H and O–H groups in total. The Labute approximate surface area is 192 Å². The number of nitrogens with one attached hydrogen (secondary N) is 2. The summed E-state index contributed by atoms with van der Waals surface area (Å²) in [5.74, 6) is -1.40. The van der Waals surface area contributed by atoms with E-state index in [4.69, 9.17) is 16.3 Å². The fourth-order valence-electron chi connectivity index (χ4n) is 3.99. The SMILES string of the molecule is Cc1ccc(NC(=O)C(=O)NC[C@@H](c2cccc3ccccc23)N2CCOCC2)cc1Cl. The fourth-order valence-corrected chi connectivity index (χ4v) is 4.17. The van der Waals surface area contributed by atoms with Crippen LogP contribution >= 0.6 is 11.6 Å². The fraction of sp³-hybridized carbons (Fsp3) is 0.280. The van der Waals surface area contributed by atoms with E-state index in [9.17, 15) is 9.59 Å². The van der Waals surface area contributed by atoms with Gasteiger partial charge in [-0.05, 0) is 41.0 Å². The van der Waals surface area contributed by atoms with Crippen molar-refractivity contribution in [2.45, 2.75) is 13.0 Å². The maximum Gasteiger partial charge on any atom is 0.313 e. The predicted octanol–water partition coefficient (Wildman–Crippen LogP) is 3.93. The van der Waals surface area contributed by atoms with Crippen molar-refractivity contribution in [2.75, 3.05) is 38.2 Å². The number of morpholine rings is 1. The summed E-state index contributed by atoms with van der Waals surface area (Å²) in [6, 6.07) is 19.5. The highest BCUT2D eigenvalue weighted by Crippen LogP contribution is 2.28. The van der Waals surface area contributed by atoms with Crippen molar-refractivity contribution in [2.24, 2.45) is 0 Å². The van der Waals surface area contributed by atoms with Gasteiger partial charge in [-0.15, -0.1) is 0 Å². The van der Waals surface area contributed by atoms with Crippen LogP contribution in [0.5, 0.6) is 0 Å². The number of nitrogens with zero attached hydrogens (tertiary/aromatic N) is 1. The first-order valence-electron chi connectivity index (χ1n) is 10.7. The van der Waals surface area contributed by atoms with Crippen LogP contribution in [0.2, 0.25) is 5.02 Å². The molecule has 1 fully saturated rings. The number of hydrogen-bond donors (Lipinski definition) is 2. The Morgan fingerprint density at radius 1 is 1.03 bits per heavy atom. The van der Waals surface area contributed by atoms with Crippen molar-refractivity contribution in [3.05, 3.63) is 76.8 Å². The number of carbonyl (C=O) groups is 2. The third-order valence-corrected chi connectivity index (χ3v) is 6.17. The Bertz CT molecular complexity index is 1120. The molecule has 6 nitrogen and oxygen atoms in total. The van der Waals surface area contributed by atoms with Crippen LogP contribution in [0.1, 0.15) is 17.2 Å². The number of halogens is 1. The van der Waals surface area contributed by atoms with Crippen molar-refractivity contribution in [1.82, 2.24) is 10.2 Å². The molecule has 0 unspecified atom stereocenters. The molecule has 3 aromatic carbocycles. The maximum absolute atomic E-state index is 12.6. The molecule has 4 rings (SSSR count). The van der Waals surface area contributed by atoms with Gasteiger partial charge in [-0.25, -0.2) is 0 Å². The van der Waals surface area contributed by atoms with Crippen LogP contribution in [0.3, 0.4) is 0 Å². The summed E-state index contributed by atoms with van der Waals surface area (Å²) < 4.78 is 5.52. The van der Waals surface area contributed by atoms with E-state index in [1.807, 2.05) is 25.1 Å². The smallest absolute Gasteiger partial charge is 0.313 e. The number of aryl methyl sites for hydroxylation is 1. The largest absolute Gasteiger partial charge is 0.379 e. The molecular formula is C25H26ClN3O3. The lowest BCUT2D eigenvalue weighted by Crippen LogP contribution is -2.45. The molecule has 7 heteroatoms. The molecule has 32 heavy (non-hydrogen) atoms. The normalized spacial score (nSPS) is 15.3. The zero-order valence-electron chi connectivity index (χ0n) is 17.9. The van der Waals surface area contributed by atoms with Crippen LogP contribution in [0.4, 0.5) is 5.69 Å². The van der Waals surface area contributed by atoms with Gasteiger partial charge < -0.3 is 15.4 Å². The molecule has 3 aromatic rings. The average Bonchev–Trinajstić information content (AvgIpc) is 2.82. The summed E-state index contributed by atoms with van der Waals surface area (Å²) in [7, 11) is 0. The van der Waals surface area contributed by atoms with Crippen LogP contribution in [0.25, 0.3) is 10.8 Å². The van der Waals surface area contributed by atoms with E-state index in [0.717, 1.165) is 35.0 Å². The highest BCUT2D eigenvalue weighted by molar-refractivity contribution is 6.40. The summed E-state index contributed by atoms with van der Waals surface area (Å²) in [5, 5.41) is 8.25. The Morgan fingerprint density at radius 3 is 2.56 bits per heavy atom. The third-order valence-electron chi connectivity index (χ3n) is 5.76. The number of rotatable bonds is 5. The van der Waals surface area contributed by atoms with Gasteiger partial charge in [0, 0.05) is 30.3 Å². The molecule has 1 aliphatic rings. The molecule has 0 radical (unpaired) electrons. The van der Waals surface area contributed by atoms with Gasteiger partial charge in [0.15, 0.2) is 0 Å². The van der Waals surface area contributed by atoms with Crippen molar-refractivity contribution in [3.8, 4) is 0 Å². The second-order valence-corrected chi connectivity index (χ2v) is 8.27. The van der Waals surface area contributed by atoms with E-state index < -0.39 is 11.8 Å². The van der Waals surface area contributed by atoms with Crippen LogP contribution in [0, 0.1) is 6.92 Å². The minimum Gasteiger partial charge on any atom is -0.379 e. The number of carbonyl (C=O) groups excluding carboxylic acids is 2. The molecule has 1 aliphatic heterocycles. The lowest BCUT2D eigenvalue weighted by molar-refractivity contribution is -0.136. The van der Waals surface area contributed by atoms with Gasteiger partial charge in [-0.1, -0.05) is 60.1 Å². The Morgan fingerprint density at radius 2 is 1.78 bits per heavy atom. The monoisotopic (exact) mass is 451 g/mol. The summed E-state index contributed by atoms with van der Waals surface area (Å²) in [5.41, 5.74) is 2.51. The minimum atomic E-state index is -0.719. The quantitative estimate of drug-likeness (QED) is 0.576. The second kappa shape index (κ2) is 10.1. The van der Waals surface area contributed by atoms with Crippen LogP contribution < -0.4 is 10.6 Å². The van der Waals surface area contributed by atoms with Gasteiger partial charge in [-0.2, -0.15) is 0 Å². The number of hydrogen-bond acceptors (Lipinski definition) is 4. The molecule has 1 saturated heterocycles. The Kier molecular flexibility index (Phi) is 7.05. The van der Waals surface area contributed by atoms with Crippen molar-refractivity contribution >= 4 is 39.9 Å². The standard InChI is InChI=1S/C25H26ClN3O3/c1-17-9-10-19(15-22(17)26)28-25(31)24(30)27-16-23(29-11-13-32-14-12-29)21-8-4-6-18-5-2-3-7-20(18)21/h2-10,15,23H,11-14,16H2,1H3,(H,27,30)(H,28,31)/t23-/m0/s1. The molecule has 2 amide bonds. The van der Waals surface area contributed by atoms with E-state index in [-0.39, 0.29) is 6.04 Å². The second-order valence-electron chi connectivity index (χ2n) is 7.86. The lowest BCUT2D eigenvalue weighted by atomic mass is 9.97. The molecule has 0 saturated carbocycles. The van der Waals surface area contributed by atoms with E-state index in [2.05, 4.69) is 39.8 Å². The molecule has 0 aromatic heterocycles. The van der Waals surface area contributed by atoms with Crippen molar-refractivity contribution in [3.63, 3.8) is 0 Å². The molecule has 1 atom stereocenters. The highest BCUT2D eigenvalue weighted by atomic mass is 35.5. The van der Waals surface area contributed by atoms with E-state index in [1.165, 1.54) is 0 Å². The number of ether oxygens (including phenoxy) is 1. The Balaban J connectivity index is 1.50. The molecule has 0 spiro atoms. The first-order valence-corrected chi connectivity index (χ1v) is 11.1. The summed E-state index contributed by atoms with van der Waals surface area (Å²) in [6.07, 6.45) is 0. The summed E-state index contributed by atoms with van der Waals surface area (Å²) in [6.45, 7) is 5.00. The maximum atomic E-state index is 12.6. The third kappa shape index (κ3) is 5.10. The Hall–Kier alpha value is -2.93. The van der Waals surface area contributed by atoms with Crippen LogP contribution in [0.15, 0.2) is 60.7 Å². The molecule has 1 heterocycles. The zero-order valence-corrected chi connectivity index (χ0v) is 18.7. The average molecular weight is 452 g/mol. The number of benzene rings is 3. The van der Waals surface area contributed by atoms with Gasteiger partial charge >= 0.3 is 11.8 Å². The first-order chi connectivity index (χ1) is 15.5. The lowest BCUT2D eigenvalue weighted by Gasteiger charge is -2.35. The number of anilines is 1. The van der Waals surface area contributed by atoms with Gasteiger partial charge in [0.05, 0.1) is 19.3 Å². The minimum absolute atomic E-state index is 0.0735. The predicted molar refractivity (Wildman–Crippen MR) is 127 cm³/mol. The summed E-state index contributed by atoms with van der Waals surface area (Å²) >= 11 is 6.11. The van der Waals surface area contributed by atoms with Gasteiger partial charge in [-0.3, -0.25) is 14.5 Å².